The Bertz CT molecular complexity index is 335. The van der Waals surface area contributed by atoms with E-state index in [9.17, 15) is 0 Å². The maximum Gasteiger partial charge on any atom is 0.0303 e. The summed E-state index contributed by atoms with van der Waals surface area (Å²) in [5.41, 5.74) is 11.4. The first-order valence-electron chi connectivity index (χ1n) is 5.50. The van der Waals surface area contributed by atoms with Gasteiger partial charge < -0.3 is 5.73 Å². The molecule has 0 heterocycles. The molecular formula is C14H22ClN. The molecule has 1 aromatic carbocycles. The van der Waals surface area contributed by atoms with Crippen LogP contribution in [0.4, 0.5) is 0 Å². The summed E-state index contributed by atoms with van der Waals surface area (Å²) in [7, 11) is 0. The lowest BCUT2D eigenvalue weighted by Gasteiger charge is -2.17. The van der Waals surface area contributed by atoms with Crippen molar-refractivity contribution in [2.45, 2.75) is 39.7 Å². The third kappa shape index (κ3) is 3.66. The smallest absolute Gasteiger partial charge is 0.0303 e. The monoisotopic (exact) mass is 239 g/mol. The molecule has 1 rings (SSSR count). The number of allylic oxidation sites excluding steroid dienone is 1. The standard InChI is InChI=1S/C14H21N.ClH/c1-5-6-7-13(15)14-11(3)8-10(2)9-12(14)4;/h5,8-9,13H,1,6-7,15H2,2-4H3;1H/t13-;/m0./s1. The number of nitrogens with two attached hydrogens (primary N) is 1. The second kappa shape index (κ2) is 6.72. The normalized spacial score (nSPS) is 11.8. The summed E-state index contributed by atoms with van der Waals surface area (Å²) in [5, 5.41) is 0. The number of halogens is 1. The van der Waals surface area contributed by atoms with Crippen LogP contribution in [0.15, 0.2) is 24.8 Å². The Morgan fingerprint density at radius 3 is 2.19 bits per heavy atom. The van der Waals surface area contributed by atoms with Crippen molar-refractivity contribution in [3.05, 3.63) is 47.0 Å². The van der Waals surface area contributed by atoms with E-state index < -0.39 is 0 Å². The van der Waals surface area contributed by atoms with E-state index in [1.165, 1.54) is 22.3 Å². The van der Waals surface area contributed by atoms with Gasteiger partial charge in [-0.05, 0) is 50.3 Å². The molecule has 0 aliphatic rings. The molecular weight excluding hydrogens is 218 g/mol. The lowest BCUT2D eigenvalue weighted by atomic mass is 9.92. The van der Waals surface area contributed by atoms with E-state index in [0.29, 0.717) is 0 Å². The summed E-state index contributed by atoms with van der Waals surface area (Å²) < 4.78 is 0. The SMILES string of the molecule is C=CCC[C@H](N)c1c(C)cc(C)cc1C.Cl. The van der Waals surface area contributed by atoms with Crippen LogP contribution < -0.4 is 5.73 Å². The molecule has 2 N–H and O–H groups in total. The van der Waals surface area contributed by atoms with Crippen LogP contribution in [-0.2, 0) is 0 Å². The molecule has 1 aromatic rings. The molecule has 0 amide bonds. The van der Waals surface area contributed by atoms with Gasteiger partial charge in [-0.25, -0.2) is 0 Å². The van der Waals surface area contributed by atoms with Gasteiger partial charge in [-0.2, -0.15) is 0 Å². The molecule has 0 bridgehead atoms. The molecule has 0 spiro atoms. The van der Waals surface area contributed by atoms with Gasteiger partial charge in [-0.1, -0.05) is 23.8 Å². The minimum absolute atomic E-state index is 0. The molecule has 1 nitrogen and oxygen atoms in total. The average Bonchev–Trinajstić information content (AvgIpc) is 2.12. The highest BCUT2D eigenvalue weighted by Gasteiger charge is 2.11. The number of hydrogen-bond acceptors (Lipinski definition) is 1. The largest absolute Gasteiger partial charge is 0.324 e. The molecule has 1 atom stereocenters. The molecule has 90 valence electrons. The van der Waals surface area contributed by atoms with E-state index >= 15 is 0 Å². The van der Waals surface area contributed by atoms with Gasteiger partial charge in [0.15, 0.2) is 0 Å². The van der Waals surface area contributed by atoms with Crippen molar-refractivity contribution < 1.29 is 0 Å². The lowest BCUT2D eigenvalue weighted by Crippen LogP contribution is -2.13. The van der Waals surface area contributed by atoms with Crippen LogP contribution in [0.1, 0.15) is 41.1 Å². The first-order chi connectivity index (χ1) is 7.06. The molecule has 0 saturated carbocycles. The maximum atomic E-state index is 6.19. The zero-order chi connectivity index (χ0) is 11.4. The Balaban J connectivity index is 0.00000225. The number of aryl methyl sites for hydroxylation is 3. The Morgan fingerprint density at radius 1 is 1.25 bits per heavy atom. The van der Waals surface area contributed by atoms with Crippen molar-refractivity contribution >= 4 is 12.4 Å². The van der Waals surface area contributed by atoms with E-state index in [2.05, 4.69) is 39.5 Å². The predicted molar refractivity (Wildman–Crippen MR) is 74.3 cm³/mol. The Labute approximate surface area is 105 Å². The van der Waals surface area contributed by atoms with Gasteiger partial charge in [0.25, 0.3) is 0 Å². The molecule has 16 heavy (non-hydrogen) atoms. The van der Waals surface area contributed by atoms with Crippen LogP contribution in [0.25, 0.3) is 0 Å². The molecule has 0 aliphatic heterocycles. The average molecular weight is 240 g/mol. The van der Waals surface area contributed by atoms with Crippen LogP contribution in [0.2, 0.25) is 0 Å². The molecule has 0 aromatic heterocycles. The Hall–Kier alpha value is -0.790. The van der Waals surface area contributed by atoms with Crippen molar-refractivity contribution in [2.75, 3.05) is 0 Å². The van der Waals surface area contributed by atoms with Gasteiger partial charge in [0.1, 0.15) is 0 Å². The Kier molecular flexibility index (Phi) is 6.39. The highest BCUT2D eigenvalue weighted by Crippen LogP contribution is 2.24. The van der Waals surface area contributed by atoms with E-state index in [1.54, 1.807) is 0 Å². The van der Waals surface area contributed by atoms with E-state index in [1.807, 2.05) is 6.08 Å². The molecule has 0 aliphatic carbocycles. The number of rotatable bonds is 4. The van der Waals surface area contributed by atoms with Crippen LogP contribution in [0, 0.1) is 20.8 Å². The van der Waals surface area contributed by atoms with Crippen molar-refractivity contribution in [2.24, 2.45) is 5.73 Å². The van der Waals surface area contributed by atoms with Gasteiger partial charge in [-0.15, -0.1) is 19.0 Å². The molecule has 0 radical (unpaired) electrons. The summed E-state index contributed by atoms with van der Waals surface area (Å²) in [6.45, 7) is 10.1. The van der Waals surface area contributed by atoms with Gasteiger partial charge in [-0.3, -0.25) is 0 Å². The highest BCUT2D eigenvalue weighted by atomic mass is 35.5. The molecule has 2 heteroatoms. The molecule has 0 saturated heterocycles. The van der Waals surface area contributed by atoms with E-state index in [-0.39, 0.29) is 18.4 Å². The third-order valence-corrected chi connectivity index (χ3v) is 2.79. The predicted octanol–water partition coefficient (Wildman–Crippen LogP) is 4.00. The first-order valence-corrected chi connectivity index (χ1v) is 5.50. The van der Waals surface area contributed by atoms with Crippen molar-refractivity contribution in [1.29, 1.82) is 0 Å². The van der Waals surface area contributed by atoms with Crippen molar-refractivity contribution in [3.8, 4) is 0 Å². The van der Waals surface area contributed by atoms with Crippen LogP contribution in [-0.4, -0.2) is 0 Å². The second-order valence-corrected chi connectivity index (χ2v) is 4.28. The fourth-order valence-corrected chi connectivity index (χ4v) is 2.22. The Morgan fingerprint density at radius 2 is 1.75 bits per heavy atom. The van der Waals surface area contributed by atoms with Crippen LogP contribution >= 0.6 is 12.4 Å². The summed E-state index contributed by atoms with van der Waals surface area (Å²) in [6.07, 6.45) is 3.89. The van der Waals surface area contributed by atoms with E-state index in [0.717, 1.165) is 12.8 Å². The zero-order valence-corrected chi connectivity index (χ0v) is 11.2. The van der Waals surface area contributed by atoms with Gasteiger partial charge >= 0.3 is 0 Å². The maximum absolute atomic E-state index is 6.19. The fourth-order valence-electron chi connectivity index (χ4n) is 2.22. The fraction of sp³-hybridized carbons (Fsp3) is 0.429. The second-order valence-electron chi connectivity index (χ2n) is 4.28. The van der Waals surface area contributed by atoms with Gasteiger partial charge in [0.05, 0.1) is 0 Å². The van der Waals surface area contributed by atoms with Crippen molar-refractivity contribution in [3.63, 3.8) is 0 Å². The van der Waals surface area contributed by atoms with Gasteiger partial charge in [0, 0.05) is 6.04 Å². The minimum Gasteiger partial charge on any atom is -0.324 e. The first kappa shape index (κ1) is 15.2. The highest BCUT2D eigenvalue weighted by molar-refractivity contribution is 5.85. The van der Waals surface area contributed by atoms with Gasteiger partial charge in [0.2, 0.25) is 0 Å². The van der Waals surface area contributed by atoms with Crippen LogP contribution in [0.3, 0.4) is 0 Å². The quantitative estimate of drug-likeness (QED) is 0.790. The summed E-state index contributed by atoms with van der Waals surface area (Å²) in [5.74, 6) is 0. The molecule has 0 fully saturated rings. The number of hydrogen-bond donors (Lipinski definition) is 1. The lowest BCUT2D eigenvalue weighted by molar-refractivity contribution is 0.653. The third-order valence-electron chi connectivity index (χ3n) is 2.79. The van der Waals surface area contributed by atoms with E-state index in [4.69, 9.17) is 5.73 Å². The van der Waals surface area contributed by atoms with Crippen LogP contribution in [0.5, 0.6) is 0 Å². The van der Waals surface area contributed by atoms with Crippen molar-refractivity contribution in [1.82, 2.24) is 0 Å². The minimum atomic E-state index is 0. The summed E-state index contributed by atoms with van der Waals surface area (Å²) in [4.78, 5) is 0. The summed E-state index contributed by atoms with van der Waals surface area (Å²) in [6, 6.07) is 4.55. The molecule has 0 unspecified atom stereocenters. The summed E-state index contributed by atoms with van der Waals surface area (Å²) >= 11 is 0. The number of benzene rings is 1. The zero-order valence-electron chi connectivity index (χ0n) is 10.4. The topological polar surface area (TPSA) is 26.0 Å².